The van der Waals surface area contributed by atoms with Crippen LogP contribution < -0.4 is 0 Å². The molecule has 1 aromatic carbocycles. The van der Waals surface area contributed by atoms with Crippen LogP contribution in [0.5, 0.6) is 5.75 Å². The largest absolute Gasteiger partial charge is 0.507 e. The van der Waals surface area contributed by atoms with Gasteiger partial charge in [0.2, 0.25) is 0 Å². The number of benzene rings is 1. The standard InChI is InChI=1S/C10H11NO3.Zn/c1-7(10(13)14)11-6-8-4-2-3-5-9(8)12;/h2-7,12H,1H3,(H,13,14);. The van der Waals surface area contributed by atoms with Crippen molar-refractivity contribution < 1.29 is 34.5 Å². The first-order valence-corrected chi connectivity index (χ1v) is 4.15. The molecule has 0 aromatic heterocycles. The van der Waals surface area contributed by atoms with Gasteiger partial charge in [-0.05, 0) is 19.1 Å². The normalized spacial score (nSPS) is 12.1. The average molecular weight is 259 g/mol. The summed E-state index contributed by atoms with van der Waals surface area (Å²) in [5.41, 5.74) is 0.514. The predicted molar refractivity (Wildman–Crippen MR) is 52.8 cm³/mol. The summed E-state index contributed by atoms with van der Waals surface area (Å²) in [4.78, 5) is 14.2. The van der Waals surface area contributed by atoms with Gasteiger partial charge < -0.3 is 10.2 Å². The van der Waals surface area contributed by atoms with Crippen LogP contribution >= 0.6 is 0 Å². The van der Waals surface area contributed by atoms with Gasteiger partial charge in [0.05, 0.1) is 0 Å². The molecule has 2 N–H and O–H groups in total. The van der Waals surface area contributed by atoms with E-state index in [2.05, 4.69) is 4.99 Å². The van der Waals surface area contributed by atoms with Crippen LogP contribution in [0.25, 0.3) is 0 Å². The topological polar surface area (TPSA) is 69.9 Å². The van der Waals surface area contributed by atoms with Gasteiger partial charge in [0.1, 0.15) is 11.8 Å². The van der Waals surface area contributed by atoms with Gasteiger partial charge in [-0.25, -0.2) is 4.79 Å². The molecule has 15 heavy (non-hydrogen) atoms. The van der Waals surface area contributed by atoms with Gasteiger partial charge in [0.25, 0.3) is 0 Å². The molecule has 0 saturated carbocycles. The van der Waals surface area contributed by atoms with Crippen molar-refractivity contribution >= 4 is 12.2 Å². The van der Waals surface area contributed by atoms with Crippen molar-refractivity contribution in [3.05, 3.63) is 29.8 Å². The number of hydrogen-bond acceptors (Lipinski definition) is 3. The van der Waals surface area contributed by atoms with E-state index in [0.29, 0.717) is 5.56 Å². The second-order valence-corrected chi connectivity index (χ2v) is 2.85. The number of aromatic hydroxyl groups is 1. The molecule has 0 amide bonds. The van der Waals surface area contributed by atoms with E-state index < -0.39 is 12.0 Å². The minimum atomic E-state index is -0.989. The summed E-state index contributed by atoms with van der Waals surface area (Å²) < 4.78 is 0. The second-order valence-electron chi connectivity index (χ2n) is 2.85. The van der Waals surface area contributed by atoms with Crippen LogP contribution in [0.1, 0.15) is 12.5 Å². The molecule has 0 aliphatic heterocycles. The fourth-order valence-electron chi connectivity index (χ4n) is 0.853. The monoisotopic (exact) mass is 257 g/mol. The molecule has 0 saturated heterocycles. The first kappa shape index (κ1) is 13.8. The van der Waals surface area contributed by atoms with Crippen LogP contribution in [0.2, 0.25) is 0 Å². The van der Waals surface area contributed by atoms with Crippen molar-refractivity contribution in [2.24, 2.45) is 4.99 Å². The summed E-state index contributed by atoms with van der Waals surface area (Å²) in [5, 5.41) is 17.9. The number of phenols is 1. The van der Waals surface area contributed by atoms with Crippen molar-refractivity contribution in [3.8, 4) is 5.75 Å². The summed E-state index contributed by atoms with van der Waals surface area (Å²) >= 11 is 0. The Balaban J connectivity index is 0.00000196. The molecule has 1 aromatic rings. The van der Waals surface area contributed by atoms with Crippen LogP contribution in [0.15, 0.2) is 29.3 Å². The van der Waals surface area contributed by atoms with E-state index in [-0.39, 0.29) is 25.2 Å². The molecule has 0 radical (unpaired) electrons. The van der Waals surface area contributed by atoms with Crippen molar-refractivity contribution in [1.82, 2.24) is 0 Å². The third kappa shape index (κ3) is 4.21. The zero-order valence-corrected chi connectivity index (χ0v) is 11.4. The van der Waals surface area contributed by atoms with Crippen LogP contribution in [0.4, 0.5) is 0 Å². The molecule has 1 atom stereocenters. The zero-order chi connectivity index (χ0) is 10.6. The number of carboxylic acids is 1. The average Bonchev–Trinajstić information content (AvgIpc) is 2.16. The van der Waals surface area contributed by atoms with Gasteiger partial charge in [-0.2, -0.15) is 0 Å². The minimum absolute atomic E-state index is 0. The number of aliphatic carboxylic acids is 1. The fraction of sp³-hybridized carbons (Fsp3) is 0.200. The van der Waals surface area contributed by atoms with Crippen LogP contribution in [0.3, 0.4) is 0 Å². The number of para-hydroxylation sites is 1. The van der Waals surface area contributed by atoms with Gasteiger partial charge in [-0.1, -0.05) is 12.1 Å². The molecule has 0 fully saturated rings. The molecule has 5 heteroatoms. The summed E-state index contributed by atoms with van der Waals surface area (Å²) in [6.07, 6.45) is 1.36. The van der Waals surface area contributed by atoms with Crippen LogP contribution in [-0.2, 0) is 24.3 Å². The quantitative estimate of drug-likeness (QED) is 0.634. The van der Waals surface area contributed by atoms with Gasteiger partial charge in [0.15, 0.2) is 0 Å². The molecular weight excluding hydrogens is 248 g/mol. The first-order valence-electron chi connectivity index (χ1n) is 4.15. The molecule has 1 rings (SSSR count). The van der Waals surface area contributed by atoms with Crippen LogP contribution in [0, 0.1) is 0 Å². The molecule has 76 valence electrons. The second kappa shape index (κ2) is 6.30. The molecular formula is C10H11NO3Zn. The Morgan fingerprint density at radius 1 is 1.47 bits per heavy atom. The van der Waals surface area contributed by atoms with E-state index >= 15 is 0 Å². The zero-order valence-electron chi connectivity index (χ0n) is 8.42. The van der Waals surface area contributed by atoms with E-state index in [4.69, 9.17) is 5.11 Å². The maximum absolute atomic E-state index is 10.4. The van der Waals surface area contributed by atoms with Crippen molar-refractivity contribution in [3.63, 3.8) is 0 Å². The molecule has 4 nitrogen and oxygen atoms in total. The SMILES string of the molecule is CC(N=Cc1ccccc1O)C(=O)O.[Zn]. The summed E-state index contributed by atoms with van der Waals surface area (Å²) in [6, 6.07) is 5.81. The van der Waals surface area contributed by atoms with Gasteiger partial charge >= 0.3 is 5.97 Å². The van der Waals surface area contributed by atoms with E-state index in [1.165, 1.54) is 19.2 Å². The maximum atomic E-state index is 10.4. The molecule has 0 bridgehead atoms. The van der Waals surface area contributed by atoms with Crippen LogP contribution in [-0.4, -0.2) is 28.4 Å². The predicted octanol–water partition coefficient (Wildman–Crippen LogP) is 1.28. The number of rotatable bonds is 3. The summed E-state index contributed by atoms with van der Waals surface area (Å²) in [5.74, 6) is -0.898. The van der Waals surface area contributed by atoms with Gasteiger partial charge in [-0.3, -0.25) is 4.99 Å². The Morgan fingerprint density at radius 2 is 2.07 bits per heavy atom. The molecule has 0 heterocycles. The van der Waals surface area contributed by atoms with Crippen molar-refractivity contribution in [2.75, 3.05) is 0 Å². The van der Waals surface area contributed by atoms with E-state index in [9.17, 15) is 9.90 Å². The van der Waals surface area contributed by atoms with E-state index in [0.717, 1.165) is 0 Å². The minimum Gasteiger partial charge on any atom is -0.507 e. The number of aliphatic imine (C=N–C) groups is 1. The maximum Gasteiger partial charge on any atom is 0.328 e. The van der Waals surface area contributed by atoms with E-state index in [1.54, 1.807) is 18.2 Å². The number of carbonyl (C=O) groups is 1. The Bertz CT molecular complexity index is 365. The third-order valence-corrected chi connectivity index (χ3v) is 1.73. The molecule has 0 spiro atoms. The molecule has 0 aliphatic rings. The Hall–Kier alpha value is -1.22. The van der Waals surface area contributed by atoms with Gasteiger partial charge in [-0.15, -0.1) is 0 Å². The smallest absolute Gasteiger partial charge is 0.328 e. The van der Waals surface area contributed by atoms with Crippen molar-refractivity contribution in [2.45, 2.75) is 13.0 Å². The van der Waals surface area contributed by atoms with E-state index in [1.807, 2.05) is 0 Å². The number of phenolic OH excluding ortho intramolecular Hbond substituents is 1. The van der Waals surface area contributed by atoms with Gasteiger partial charge in [0, 0.05) is 31.3 Å². The number of hydrogen-bond donors (Lipinski definition) is 2. The first-order chi connectivity index (χ1) is 6.61. The molecule has 1 unspecified atom stereocenters. The fourth-order valence-corrected chi connectivity index (χ4v) is 0.853. The summed E-state index contributed by atoms with van der Waals surface area (Å²) in [7, 11) is 0. The van der Waals surface area contributed by atoms with Crippen molar-refractivity contribution in [1.29, 1.82) is 0 Å². The Labute approximate surface area is 100 Å². The number of carboxylic acid groups (broad SMARTS) is 1. The third-order valence-electron chi connectivity index (χ3n) is 1.73. The summed E-state index contributed by atoms with van der Waals surface area (Å²) in [6.45, 7) is 1.47. The Kier molecular flexibility index (Phi) is 5.79. The Morgan fingerprint density at radius 3 is 2.60 bits per heavy atom. The molecule has 0 aliphatic carbocycles. The number of nitrogens with zero attached hydrogens (tertiary/aromatic N) is 1.